The van der Waals surface area contributed by atoms with Gasteiger partial charge >= 0.3 is 0 Å². The molecule has 0 radical (unpaired) electrons. The molecule has 0 fully saturated rings. The van der Waals surface area contributed by atoms with Crippen LogP contribution >= 0.6 is 0 Å². The maximum Gasteiger partial charge on any atom is 0.0710 e. The van der Waals surface area contributed by atoms with E-state index in [1.807, 2.05) is 31.2 Å². The Kier molecular flexibility index (Phi) is 3.28. The molecule has 0 aliphatic rings. The van der Waals surface area contributed by atoms with E-state index >= 15 is 0 Å². The van der Waals surface area contributed by atoms with Gasteiger partial charge in [0, 0.05) is 0 Å². The fourth-order valence-electron chi connectivity index (χ4n) is 1.27. The molecule has 1 heteroatoms. The predicted octanol–water partition coefficient (Wildman–Crippen LogP) is 3.35. The van der Waals surface area contributed by atoms with Crippen LogP contribution in [0.5, 0.6) is 0 Å². The highest BCUT2D eigenvalue weighted by Gasteiger charge is 2.06. The molecule has 1 atom stereocenters. The Bertz CT molecular complexity index is 316. The second-order valence-corrected chi connectivity index (χ2v) is 2.96. The van der Waals surface area contributed by atoms with Crippen molar-refractivity contribution in [2.45, 2.75) is 19.3 Å². The Balaban J connectivity index is 2.92. The predicted molar refractivity (Wildman–Crippen MR) is 55.2 cm³/mol. The quantitative estimate of drug-likeness (QED) is 0.684. The molecule has 0 aliphatic heterocycles. The Hall–Kier alpha value is -1.55. The van der Waals surface area contributed by atoms with Crippen LogP contribution in [-0.2, 0) is 0 Å². The molecule has 1 aromatic carbocycles. The molecule has 0 saturated carbocycles. The Morgan fingerprint density at radius 1 is 1.46 bits per heavy atom. The van der Waals surface area contributed by atoms with E-state index in [0.717, 1.165) is 17.5 Å². The molecule has 0 heterocycles. The summed E-state index contributed by atoms with van der Waals surface area (Å²) >= 11 is 0. The molecule has 0 amide bonds. The van der Waals surface area contributed by atoms with E-state index in [1.165, 1.54) is 0 Å². The lowest BCUT2D eigenvalue weighted by atomic mass is 9.97. The van der Waals surface area contributed by atoms with Crippen LogP contribution in [0.15, 0.2) is 30.8 Å². The largest absolute Gasteiger partial charge is 0.198 e. The van der Waals surface area contributed by atoms with Gasteiger partial charge < -0.3 is 0 Å². The van der Waals surface area contributed by atoms with E-state index in [-0.39, 0.29) is 5.92 Å². The van der Waals surface area contributed by atoms with Crippen LogP contribution in [0.1, 0.15) is 30.4 Å². The lowest BCUT2D eigenvalue weighted by Crippen LogP contribution is -1.92. The summed E-state index contributed by atoms with van der Waals surface area (Å²) in [4.78, 5) is 0. The fraction of sp³-hybridized carbons (Fsp3) is 0.250. The molecule has 0 N–H and O–H groups in total. The molecule has 0 saturated heterocycles. The van der Waals surface area contributed by atoms with E-state index in [1.54, 1.807) is 6.08 Å². The van der Waals surface area contributed by atoms with Gasteiger partial charge in [-0.05, 0) is 17.5 Å². The third kappa shape index (κ3) is 2.19. The van der Waals surface area contributed by atoms with Gasteiger partial charge in [-0.3, -0.25) is 0 Å². The molecule has 13 heavy (non-hydrogen) atoms. The fourth-order valence-corrected chi connectivity index (χ4v) is 1.27. The third-order valence-electron chi connectivity index (χ3n) is 2.14. The second kappa shape index (κ2) is 4.47. The Morgan fingerprint density at radius 2 is 2.08 bits per heavy atom. The average molecular weight is 171 g/mol. The molecule has 1 nitrogen and oxygen atoms in total. The van der Waals surface area contributed by atoms with Crippen molar-refractivity contribution in [3.63, 3.8) is 0 Å². The summed E-state index contributed by atoms with van der Waals surface area (Å²) in [6.45, 7) is 5.70. The maximum absolute atomic E-state index is 8.84. The Morgan fingerprint density at radius 3 is 2.46 bits per heavy atom. The minimum absolute atomic E-state index is 0.0267. The van der Waals surface area contributed by atoms with Crippen molar-refractivity contribution in [2.24, 2.45) is 0 Å². The summed E-state index contributed by atoms with van der Waals surface area (Å²) in [6, 6.07) is 10.2. The Labute approximate surface area is 79.3 Å². The molecule has 0 aromatic heterocycles. The molecule has 1 rings (SSSR count). The maximum atomic E-state index is 8.84. The highest BCUT2D eigenvalue weighted by molar-refractivity contribution is 5.47. The van der Waals surface area contributed by atoms with E-state index in [2.05, 4.69) is 12.6 Å². The zero-order valence-electron chi connectivity index (χ0n) is 7.83. The second-order valence-electron chi connectivity index (χ2n) is 2.96. The van der Waals surface area contributed by atoms with Gasteiger partial charge in [0.15, 0.2) is 0 Å². The summed E-state index contributed by atoms with van der Waals surface area (Å²) in [5, 5.41) is 8.84. The van der Waals surface area contributed by atoms with Crippen LogP contribution in [0.3, 0.4) is 0 Å². The first kappa shape index (κ1) is 9.54. The van der Waals surface area contributed by atoms with E-state index < -0.39 is 0 Å². The van der Waals surface area contributed by atoms with Gasteiger partial charge in [0.1, 0.15) is 0 Å². The number of nitrogens with zero attached hydrogens (tertiary/aromatic N) is 1. The number of nitriles is 1. The van der Waals surface area contributed by atoms with Gasteiger partial charge in [0.25, 0.3) is 0 Å². The highest BCUT2D eigenvalue weighted by atomic mass is 14.3. The summed E-state index contributed by atoms with van der Waals surface area (Å²) < 4.78 is 0. The number of benzene rings is 1. The monoisotopic (exact) mass is 171 g/mol. The van der Waals surface area contributed by atoms with Crippen LogP contribution in [-0.4, -0.2) is 0 Å². The van der Waals surface area contributed by atoms with Crippen molar-refractivity contribution >= 4 is 6.08 Å². The van der Waals surface area contributed by atoms with Crippen molar-refractivity contribution < 1.29 is 0 Å². The van der Waals surface area contributed by atoms with Crippen molar-refractivity contribution in [3.05, 3.63) is 42.0 Å². The number of hydrogen-bond donors (Lipinski definition) is 0. The molecule has 1 aromatic rings. The van der Waals surface area contributed by atoms with E-state index in [4.69, 9.17) is 5.26 Å². The van der Waals surface area contributed by atoms with E-state index in [0.29, 0.717) is 0 Å². The van der Waals surface area contributed by atoms with Gasteiger partial charge in [-0.25, -0.2) is 0 Å². The number of hydrogen-bond acceptors (Lipinski definition) is 1. The van der Waals surface area contributed by atoms with Gasteiger partial charge in [-0.15, -0.1) is 0 Å². The normalized spacial score (nSPS) is 11.7. The van der Waals surface area contributed by atoms with Gasteiger partial charge in [-0.1, -0.05) is 43.8 Å². The zero-order valence-corrected chi connectivity index (χ0v) is 7.83. The lowest BCUT2D eigenvalue weighted by Gasteiger charge is -2.05. The topological polar surface area (TPSA) is 23.8 Å². The van der Waals surface area contributed by atoms with Crippen LogP contribution in [0, 0.1) is 11.3 Å². The highest BCUT2D eigenvalue weighted by Crippen LogP contribution is 2.18. The molecule has 0 aliphatic carbocycles. The SMILES string of the molecule is C=Cc1ccc(C(C#N)CC)cc1. The van der Waals surface area contributed by atoms with Crippen molar-refractivity contribution in [1.82, 2.24) is 0 Å². The standard InChI is InChI=1S/C12H13N/c1-3-10-5-7-12(8-6-10)11(4-2)9-13/h3,5-8,11H,1,4H2,2H3. The summed E-state index contributed by atoms with van der Waals surface area (Å²) in [7, 11) is 0. The number of rotatable bonds is 3. The lowest BCUT2D eigenvalue weighted by molar-refractivity contribution is 0.818. The summed E-state index contributed by atoms with van der Waals surface area (Å²) in [5.74, 6) is 0.0267. The molecular formula is C12H13N. The zero-order chi connectivity index (χ0) is 9.68. The van der Waals surface area contributed by atoms with Gasteiger partial charge in [0.2, 0.25) is 0 Å². The minimum atomic E-state index is 0.0267. The van der Waals surface area contributed by atoms with E-state index in [9.17, 15) is 0 Å². The van der Waals surface area contributed by atoms with Crippen LogP contribution < -0.4 is 0 Å². The van der Waals surface area contributed by atoms with Crippen molar-refractivity contribution in [3.8, 4) is 6.07 Å². The van der Waals surface area contributed by atoms with Crippen molar-refractivity contribution in [2.75, 3.05) is 0 Å². The molecular weight excluding hydrogens is 158 g/mol. The first-order valence-electron chi connectivity index (χ1n) is 4.43. The minimum Gasteiger partial charge on any atom is -0.198 e. The molecule has 66 valence electrons. The van der Waals surface area contributed by atoms with Gasteiger partial charge in [0.05, 0.1) is 12.0 Å². The first-order chi connectivity index (χ1) is 6.31. The average Bonchev–Trinajstić information content (AvgIpc) is 2.21. The van der Waals surface area contributed by atoms with Crippen molar-refractivity contribution in [1.29, 1.82) is 5.26 Å². The molecule has 1 unspecified atom stereocenters. The summed E-state index contributed by atoms with van der Waals surface area (Å²) in [6.07, 6.45) is 2.67. The third-order valence-corrected chi connectivity index (χ3v) is 2.14. The molecule has 0 bridgehead atoms. The molecule has 0 spiro atoms. The van der Waals surface area contributed by atoms with Crippen LogP contribution in [0.25, 0.3) is 6.08 Å². The smallest absolute Gasteiger partial charge is 0.0710 e. The van der Waals surface area contributed by atoms with Crippen LogP contribution in [0.4, 0.5) is 0 Å². The van der Waals surface area contributed by atoms with Crippen LogP contribution in [0.2, 0.25) is 0 Å². The first-order valence-corrected chi connectivity index (χ1v) is 4.43. The summed E-state index contributed by atoms with van der Waals surface area (Å²) in [5.41, 5.74) is 2.19. The van der Waals surface area contributed by atoms with Gasteiger partial charge in [-0.2, -0.15) is 5.26 Å².